The molecule has 2 aromatic rings. The highest BCUT2D eigenvalue weighted by Crippen LogP contribution is 2.47. The molecule has 3 fully saturated rings. The fourth-order valence-electron chi connectivity index (χ4n) is 5.13. The molecule has 0 bridgehead atoms. The molecule has 2 saturated carbocycles. The van der Waals surface area contributed by atoms with Crippen LogP contribution in [0.4, 0.5) is 8.78 Å². The molecule has 3 aliphatic rings. The van der Waals surface area contributed by atoms with Crippen molar-refractivity contribution >= 4 is 22.7 Å². The van der Waals surface area contributed by atoms with Gasteiger partial charge in [0, 0.05) is 24.3 Å². The maximum atomic E-state index is 13.4. The standard InChI is InChI=1S/C24H24F2N4O3/c25-24(26)5-3-16(4-6-24)33-17-1-2-20-18(11-17)19(23(28)32)9-14(29-20)10-22(31)30-15(12-27)7-13-8-21(13)30/h1-2,9,11,13,15-16,21H,3-8,10H2,(H2,28,32)/t13-,15+,21+/m1/s1. The first kappa shape index (κ1) is 21.6. The number of hydrogen-bond donors (Lipinski definition) is 1. The fraction of sp³-hybridized carbons (Fsp3) is 0.500. The summed E-state index contributed by atoms with van der Waals surface area (Å²) < 4.78 is 32.7. The molecule has 2 heterocycles. The van der Waals surface area contributed by atoms with Crippen LogP contribution in [-0.2, 0) is 11.2 Å². The van der Waals surface area contributed by atoms with Crippen LogP contribution in [-0.4, -0.2) is 45.8 Å². The second kappa shape index (κ2) is 7.94. The number of primary amides is 1. The molecule has 1 aromatic carbocycles. The van der Waals surface area contributed by atoms with E-state index in [2.05, 4.69) is 11.1 Å². The number of halogens is 2. The molecule has 33 heavy (non-hydrogen) atoms. The van der Waals surface area contributed by atoms with Gasteiger partial charge in [-0.1, -0.05) is 0 Å². The van der Waals surface area contributed by atoms with Crippen molar-refractivity contribution in [3.8, 4) is 11.8 Å². The Balaban J connectivity index is 1.37. The smallest absolute Gasteiger partial charge is 0.249 e. The lowest BCUT2D eigenvalue weighted by Crippen LogP contribution is -2.38. The number of carbonyl (C=O) groups is 2. The Morgan fingerprint density at radius 1 is 1.24 bits per heavy atom. The van der Waals surface area contributed by atoms with E-state index in [9.17, 15) is 23.6 Å². The molecule has 9 heteroatoms. The van der Waals surface area contributed by atoms with E-state index in [0.29, 0.717) is 34.7 Å². The van der Waals surface area contributed by atoms with E-state index in [1.54, 1.807) is 23.1 Å². The molecule has 0 unspecified atom stereocenters. The summed E-state index contributed by atoms with van der Waals surface area (Å²) in [5.74, 6) is -2.60. The summed E-state index contributed by atoms with van der Waals surface area (Å²) in [5, 5.41) is 9.83. The van der Waals surface area contributed by atoms with Gasteiger partial charge >= 0.3 is 0 Å². The molecular weight excluding hydrogens is 430 g/mol. The number of rotatable bonds is 5. The lowest BCUT2D eigenvalue weighted by molar-refractivity contribution is -0.131. The number of nitrogens with two attached hydrogens (primary N) is 1. The number of pyridine rings is 1. The molecule has 3 atom stereocenters. The summed E-state index contributed by atoms with van der Waals surface area (Å²) in [5.41, 5.74) is 6.72. The number of amides is 2. The van der Waals surface area contributed by atoms with E-state index in [1.165, 1.54) is 6.07 Å². The van der Waals surface area contributed by atoms with Crippen molar-refractivity contribution in [3.63, 3.8) is 0 Å². The zero-order valence-electron chi connectivity index (χ0n) is 18.0. The number of likely N-dealkylation sites (tertiary alicyclic amines) is 1. The van der Waals surface area contributed by atoms with Crippen molar-refractivity contribution in [1.29, 1.82) is 5.26 Å². The first-order chi connectivity index (χ1) is 15.7. The van der Waals surface area contributed by atoms with E-state index in [-0.39, 0.29) is 55.7 Å². The molecule has 5 rings (SSSR count). The molecule has 1 aliphatic heterocycles. The highest BCUT2D eigenvalue weighted by atomic mass is 19.3. The molecular formula is C24H24F2N4O3. The molecule has 1 aromatic heterocycles. The quantitative estimate of drug-likeness (QED) is 0.745. The average Bonchev–Trinajstić information content (AvgIpc) is 3.43. The second-order valence-electron chi connectivity index (χ2n) is 9.30. The number of alkyl halides is 2. The SMILES string of the molecule is N#C[C@@H]1C[C@@H]2C[C@@H]2N1C(=O)Cc1cc(C(N)=O)c2cc(OC3CCC(F)(F)CC3)ccc2n1. The Morgan fingerprint density at radius 3 is 2.70 bits per heavy atom. The Hall–Kier alpha value is -3.28. The van der Waals surface area contributed by atoms with Gasteiger partial charge in [-0.15, -0.1) is 0 Å². The highest BCUT2D eigenvalue weighted by molar-refractivity contribution is 6.06. The third-order valence-electron chi connectivity index (χ3n) is 6.94. The molecule has 0 spiro atoms. The predicted octanol–water partition coefficient (Wildman–Crippen LogP) is 3.35. The van der Waals surface area contributed by atoms with Crippen LogP contribution in [0.3, 0.4) is 0 Å². The van der Waals surface area contributed by atoms with Gasteiger partial charge in [0.25, 0.3) is 0 Å². The lowest BCUT2D eigenvalue weighted by atomic mass is 9.94. The van der Waals surface area contributed by atoms with Gasteiger partial charge in [0.05, 0.1) is 35.4 Å². The largest absolute Gasteiger partial charge is 0.490 e. The summed E-state index contributed by atoms with van der Waals surface area (Å²) >= 11 is 0. The van der Waals surface area contributed by atoms with E-state index in [0.717, 1.165) is 6.42 Å². The van der Waals surface area contributed by atoms with Crippen molar-refractivity contribution < 1.29 is 23.1 Å². The number of hydrogen-bond acceptors (Lipinski definition) is 5. The minimum atomic E-state index is -2.64. The summed E-state index contributed by atoms with van der Waals surface area (Å²) in [6.07, 6.45) is 1.42. The molecule has 2 N–H and O–H groups in total. The molecule has 2 amide bonds. The van der Waals surface area contributed by atoms with Gasteiger partial charge in [0.1, 0.15) is 11.8 Å². The first-order valence-electron chi connectivity index (χ1n) is 11.2. The van der Waals surface area contributed by atoms with Crippen molar-refractivity contribution in [1.82, 2.24) is 9.88 Å². The molecule has 0 radical (unpaired) electrons. The Bertz CT molecular complexity index is 1170. The maximum absolute atomic E-state index is 13.4. The molecule has 7 nitrogen and oxygen atoms in total. The maximum Gasteiger partial charge on any atom is 0.249 e. The summed E-state index contributed by atoms with van der Waals surface area (Å²) in [6, 6.07) is 8.43. The van der Waals surface area contributed by atoms with Crippen LogP contribution in [0.15, 0.2) is 24.3 Å². The van der Waals surface area contributed by atoms with Gasteiger partial charge in [0.2, 0.25) is 17.7 Å². The van der Waals surface area contributed by atoms with Crippen LogP contribution in [0.1, 0.15) is 54.6 Å². The van der Waals surface area contributed by atoms with Crippen LogP contribution < -0.4 is 10.5 Å². The minimum absolute atomic E-state index is 0.0217. The van der Waals surface area contributed by atoms with Crippen LogP contribution >= 0.6 is 0 Å². The first-order valence-corrected chi connectivity index (χ1v) is 11.2. The number of aromatic nitrogens is 1. The van der Waals surface area contributed by atoms with E-state index >= 15 is 0 Å². The zero-order valence-corrected chi connectivity index (χ0v) is 18.0. The predicted molar refractivity (Wildman–Crippen MR) is 115 cm³/mol. The topological polar surface area (TPSA) is 109 Å². The normalized spacial score (nSPS) is 26.0. The van der Waals surface area contributed by atoms with Gasteiger partial charge in [-0.3, -0.25) is 14.6 Å². The van der Waals surface area contributed by atoms with Gasteiger partial charge in [-0.25, -0.2) is 8.78 Å². The number of fused-ring (bicyclic) bond motifs is 2. The van der Waals surface area contributed by atoms with Gasteiger partial charge in [-0.2, -0.15) is 5.26 Å². The second-order valence-corrected chi connectivity index (χ2v) is 9.30. The number of nitrogens with zero attached hydrogens (tertiary/aromatic N) is 3. The van der Waals surface area contributed by atoms with Crippen LogP contribution in [0.2, 0.25) is 0 Å². The van der Waals surface area contributed by atoms with Crippen LogP contribution in [0.5, 0.6) is 5.75 Å². The van der Waals surface area contributed by atoms with E-state index in [4.69, 9.17) is 10.5 Å². The number of piperidine rings is 1. The summed E-state index contributed by atoms with van der Waals surface area (Å²) in [6.45, 7) is 0. The number of carbonyl (C=O) groups excluding carboxylic acids is 2. The summed E-state index contributed by atoms with van der Waals surface area (Å²) in [4.78, 5) is 31.3. The fourth-order valence-corrected chi connectivity index (χ4v) is 5.13. The van der Waals surface area contributed by atoms with Crippen molar-refractivity contribution in [3.05, 3.63) is 35.5 Å². The van der Waals surface area contributed by atoms with Crippen molar-refractivity contribution in [2.45, 2.75) is 69.1 Å². The lowest BCUT2D eigenvalue weighted by Gasteiger charge is -2.28. The van der Waals surface area contributed by atoms with E-state index in [1.807, 2.05) is 0 Å². The van der Waals surface area contributed by atoms with Gasteiger partial charge < -0.3 is 15.4 Å². The molecule has 1 saturated heterocycles. The third kappa shape index (κ3) is 4.22. The van der Waals surface area contributed by atoms with Crippen LogP contribution in [0, 0.1) is 17.2 Å². The molecule has 2 aliphatic carbocycles. The van der Waals surface area contributed by atoms with Crippen molar-refractivity contribution in [2.24, 2.45) is 11.7 Å². The minimum Gasteiger partial charge on any atom is -0.490 e. The highest BCUT2D eigenvalue weighted by Gasteiger charge is 2.54. The Labute approximate surface area is 189 Å². The number of nitriles is 1. The number of ether oxygens (including phenoxy) is 1. The van der Waals surface area contributed by atoms with Gasteiger partial charge in [-0.05, 0) is 55.9 Å². The number of benzene rings is 1. The van der Waals surface area contributed by atoms with Gasteiger partial charge in [0.15, 0.2) is 0 Å². The van der Waals surface area contributed by atoms with Crippen molar-refractivity contribution in [2.75, 3.05) is 0 Å². The average molecular weight is 454 g/mol. The monoisotopic (exact) mass is 454 g/mol. The Kier molecular flexibility index (Phi) is 5.19. The van der Waals surface area contributed by atoms with Crippen LogP contribution in [0.25, 0.3) is 10.9 Å². The third-order valence-corrected chi connectivity index (χ3v) is 6.94. The van der Waals surface area contributed by atoms with E-state index < -0.39 is 17.9 Å². The zero-order chi connectivity index (χ0) is 23.3. The summed E-state index contributed by atoms with van der Waals surface area (Å²) in [7, 11) is 0. The Morgan fingerprint density at radius 2 is 2.00 bits per heavy atom. The molecule has 172 valence electrons.